The van der Waals surface area contributed by atoms with Crippen LogP contribution in [0.15, 0.2) is 24.4 Å². The third-order valence-corrected chi connectivity index (χ3v) is 2.88. The van der Waals surface area contributed by atoms with E-state index < -0.39 is 0 Å². The Morgan fingerprint density at radius 2 is 2.21 bits per heavy atom. The van der Waals surface area contributed by atoms with Crippen LogP contribution in [0.25, 0.3) is 0 Å². The van der Waals surface area contributed by atoms with Crippen LogP contribution in [-0.4, -0.2) is 21.4 Å². The van der Waals surface area contributed by atoms with Crippen molar-refractivity contribution < 1.29 is 4.74 Å². The zero-order chi connectivity index (χ0) is 13.7. The summed E-state index contributed by atoms with van der Waals surface area (Å²) in [6, 6.07) is 5.87. The highest BCUT2D eigenvalue weighted by atomic mass is 16.5. The van der Waals surface area contributed by atoms with E-state index in [0.29, 0.717) is 18.2 Å². The van der Waals surface area contributed by atoms with E-state index in [1.54, 1.807) is 6.20 Å². The van der Waals surface area contributed by atoms with E-state index in [9.17, 15) is 0 Å². The Hall–Kier alpha value is -2.04. The van der Waals surface area contributed by atoms with Crippen LogP contribution in [0.1, 0.15) is 24.7 Å². The second-order valence-corrected chi connectivity index (χ2v) is 4.45. The summed E-state index contributed by atoms with van der Waals surface area (Å²) in [5, 5.41) is 4.38. The van der Waals surface area contributed by atoms with Crippen LogP contribution in [0.2, 0.25) is 0 Å². The molecule has 0 saturated heterocycles. The van der Waals surface area contributed by atoms with Gasteiger partial charge in [0, 0.05) is 24.9 Å². The fraction of sp³-hybridized carbons (Fsp3) is 0.429. The summed E-state index contributed by atoms with van der Waals surface area (Å²) in [6.45, 7) is 5.37. The molecule has 0 aliphatic rings. The highest BCUT2D eigenvalue weighted by molar-refractivity contribution is 5.52. The van der Waals surface area contributed by atoms with E-state index in [4.69, 9.17) is 10.5 Å². The van der Waals surface area contributed by atoms with Gasteiger partial charge in [-0.05, 0) is 25.5 Å². The Labute approximate surface area is 113 Å². The van der Waals surface area contributed by atoms with Gasteiger partial charge in [-0.2, -0.15) is 5.10 Å². The van der Waals surface area contributed by atoms with Crippen molar-refractivity contribution in [1.29, 1.82) is 0 Å². The van der Waals surface area contributed by atoms with Crippen LogP contribution in [0, 0.1) is 6.92 Å². The number of nitrogen functional groups attached to an aromatic ring is 1. The van der Waals surface area contributed by atoms with Crippen LogP contribution < -0.4 is 10.5 Å². The smallest absolute Gasteiger partial charge is 0.236 e. The maximum atomic E-state index is 5.99. The molecule has 0 aromatic carbocycles. The summed E-state index contributed by atoms with van der Waals surface area (Å²) in [5.41, 5.74) is 8.46. The maximum Gasteiger partial charge on any atom is 0.236 e. The van der Waals surface area contributed by atoms with Crippen LogP contribution in [-0.2, 0) is 13.0 Å². The Kier molecular flexibility index (Phi) is 4.39. The lowest BCUT2D eigenvalue weighted by Gasteiger charge is -2.09. The second kappa shape index (κ2) is 6.22. The summed E-state index contributed by atoms with van der Waals surface area (Å²) in [4.78, 5) is 4.26. The molecular weight excluding hydrogens is 240 g/mol. The molecule has 0 fully saturated rings. The van der Waals surface area contributed by atoms with Gasteiger partial charge in [-0.15, -0.1) is 0 Å². The predicted molar refractivity (Wildman–Crippen MR) is 75.1 cm³/mol. The Morgan fingerprint density at radius 3 is 2.89 bits per heavy atom. The van der Waals surface area contributed by atoms with E-state index in [1.807, 2.05) is 29.8 Å². The van der Waals surface area contributed by atoms with Gasteiger partial charge < -0.3 is 10.5 Å². The lowest BCUT2D eigenvalue weighted by molar-refractivity contribution is 0.286. The van der Waals surface area contributed by atoms with Crippen LogP contribution in [0.5, 0.6) is 5.88 Å². The van der Waals surface area contributed by atoms with Crippen LogP contribution in [0.4, 0.5) is 5.69 Å². The normalized spacial score (nSPS) is 10.6. The lowest BCUT2D eigenvalue weighted by atomic mass is 10.3. The Bertz CT molecular complexity index is 522. The van der Waals surface area contributed by atoms with Crippen molar-refractivity contribution in [2.45, 2.75) is 33.2 Å². The number of rotatable bonds is 6. The largest absolute Gasteiger partial charge is 0.476 e. The number of ether oxygens (including phenoxy) is 1. The van der Waals surface area contributed by atoms with Gasteiger partial charge in [0.2, 0.25) is 5.88 Å². The highest BCUT2D eigenvalue weighted by Gasteiger charge is 2.13. The first-order chi connectivity index (χ1) is 9.22. The molecule has 5 heteroatoms. The fourth-order valence-electron chi connectivity index (χ4n) is 1.89. The van der Waals surface area contributed by atoms with E-state index in [0.717, 1.165) is 30.8 Å². The van der Waals surface area contributed by atoms with Gasteiger partial charge >= 0.3 is 0 Å². The maximum absolute atomic E-state index is 5.99. The van der Waals surface area contributed by atoms with Gasteiger partial charge in [-0.3, -0.25) is 4.98 Å². The number of hydrogen-bond acceptors (Lipinski definition) is 4. The Morgan fingerprint density at radius 1 is 1.37 bits per heavy atom. The molecule has 0 unspecified atom stereocenters. The molecule has 0 radical (unpaired) electrons. The van der Waals surface area contributed by atoms with Gasteiger partial charge in [0.15, 0.2) is 0 Å². The van der Waals surface area contributed by atoms with Crippen LogP contribution >= 0.6 is 0 Å². The van der Waals surface area contributed by atoms with E-state index in [2.05, 4.69) is 17.0 Å². The highest BCUT2D eigenvalue weighted by Crippen LogP contribution is 2.25. The third kappa shape index (κ3) is 3.24. The lowest BCUT2D eigenvalue weighted by Crippen LogP contribution is -2.09. The van der Waals surface area contributed by atoms with Crippen molar-refractivity contribution >= 4 is 5.69 Å². The zero-order valence-electron chi connectivity index (χ0n) is 11.5. The molecule has 0 saturated carbocycles. The molecule has 0 amide bonds. The summed E-state index contributed by atoms with van der Waals surface area (Å²) in [5.74, 6) is 0.676. The SMILES string of the molecule is CCCn1nc(C)c(N)c1OCCc1ccccn1. The number of aryl methyl sites for hydroxylation is 2. The summed E-state index contributed by atoms with van der Waals surface area (Å²) in [6.07, 6.45) is 3.54. The van der Waals surface area contributed by atoms with Crippen LogP contribution in [0.3, 0.4) is 0 Å². The summed E-state index contributed by atoms with van der Waals surface area (Å²) in [7, 11) is 0. The predicted octanol–water partition coefficient (Wildman–Crippen LogP) is 2.20. The molecule has 2 rings (SSSR count). The van der Waals surface area contributed by atoms with E-state index in [1.165, 1.54) is 0 Å². The number of nitrogens with zero attached hydrogens (tertiary/aromatic N) is 3. The number of aromatic nitrogens is 3. The second-order valence-electron chi connectivity index (χ2n) is 4.45. The van der Waals surface area contributed by atoms with Crippen molar-refractivity contribution in [3.63, 3.8) is 0 Å². The first-order valence-electron chi connectivity index (χ1n) is 6.58. The zero-order valence-corrected chi connectivity index (χ0v) is 11.5. The molecule has 2 aromatic rings. The molecule has 2 N–H and O–H groups in total. The molecule has 19 heavy (non-hydrogen) atoms. The van der Waals surface area contributed by atoms with Crippen molar-refractivity contribution in [1.82, 2.24) is 14.8 Å². The molecule has 102 valence electrons. The molecule has 0 atom stereocenters. The van der Waals surface area contributed by atoms with E-state index in [-0.39, 0.29) is 0 Å². The molecule has 0 spiro atoms. The van der Waals surface area contributed by atoms with Gasteiger partial charge in [0.25, 0.3) is 0 Å². The van der Waals surface area contributed by atoms with Gasteiger partial charge in [-0.25, -0.2) is 4.68 Å². The number of hydrogen-bond donors (Lipinski definition) is 1. The monoisotopic (exact) mass is 260 g/mol. The van der Waals surface area contributed by atoms with Crippen molar-refractivity contribution in [2.75, 3.05) is 12.3 Å². The quantitative estimate of drug-likeness (QED) is 0.864. The average molecular weight is 260 g/mol. The third-order valence-electron chi connectivity index (χ3n) is 2.88. The number of nitrogens with two attached hydrogens (primary N) is 1. The molecule has 5 nitrogen and oxygen atoms in total. The molecule has 0 aliphatic carbocycles. The molecule has 2 heterocycles. The molecule has 0 bridgehead atoms. The van der Waals surface area contributed by atoms with Gasteiger partial charge in [0.05, 0.1) is 12.3 Å². The molecular formula is C14H20N4O. The Balaban J connectivity index is 1.99. The number of pyridine rings is 1. The number of anilines is 1. The first kappa shape index (κ1) is 13.4. The minimum atomic E-state index is 0.552. The van der Waals surface area contributed by atoms with E-state index >= 15 is 0 Å². The molecule has 2 aromatic heterocycles. The summed E-state index contributed by atoms with van der Waals surface area (Å²) < 4.78 is 7.62. The van der Waals surface area contributed by atoms with Crippen molar-refractivity contribution in [3.8, 4) is 5.88 Å². The average Bonchev–Trinajstić information content (AvgIpc) is 2.68. The van der Waals surface area contributed by atoms with Gasteiger partial charge in [-0.1, -0.05) is 13.0 Å². The van der Waals surface area contributed by atoms with Crippen molar-refractivity contribution in [3.05, 3.63) is 35.8 Å². The fourth-order valence-corrected chi connectivity index (χ4v) is 1.89. The topological polar surface area (TPSA) is 66.0 Å². The minimum Gasteiger partial charge on any atom is -0.476 e. The van der Waals surface area contributed by atoms with Crippen molar-refractivity contribution in [2.24, 2.45) is 0 Å². The first-order valence-corrected chi connectivity index (χ1v) is 6.58. The summed E-state index contributed by atoms with van der Waals surface area (Å²) >= 11 is 0. The van der Waals surface area contributed by atoms with Gasteiger partial charge in [0.1, 0.15) is 5.69 Å². The molecule has 0 aliphatic heterocycles. The minimum absolute atomic E-state index is 0.552. The standard InChI is InChI=1S/C14H20N4O/c1-3-9-18-14(13(15)11(2)17-18)19-10-7-12-6-4-5-8-16-12/h4-6,8H,3,7,9-10,15H2,1-2H3.